The third-order valence-corrected chi connectivity index (χ3v) is 14.2. The zero-order chi connectivity index (χ0) is 32.7. The molecule has 7 atom stereocenters. The van der Waals surface area contributed by atoms with Gasteiger partial charge in [0.25, 0.3) is 0 Å². The fraction of sp³-hybridized carbons (Fsp3) is 0.432. The van der Waals surface area contributed by atoms with Crippen LogP contribution in [0.4, 0.5) is 5.82 Å². The van der Waals surface area contributed by atoms with Crippen LogP contribution in [0.3, 0.4) is 0 Å². The first kappa shape index (κ1) is 32.1. The van der Waals surface area contributed by atoms with Gasteiger partial charge in [0.15, 0.2) is 24.0 Å². The van der Waals surface area contributed by atoms with Crippen LogP contribution in [0.25, 0.3) is 6.08 Å². The van der Waals surface area contributed by atoms with Crippen LogP contribution >= 0.6 is 21.6 Å². The lowest BCUT2D eigenvalue weighted by atomic mass is 9.76. The number of allylic oxidation sites excluding steroid dienone is 3. The molecule has 4 heterocycles. The molecule has 0 amide bonds. The van der Waals surface area contributed by atoms with Gasteiger partial charge >= 0.3 is 0 Å². The highest BCUT2D eigenvalue weighted by atomic mass is 33.1. The molecule has 246 valence electrons. The number of fused-ring (bicyclic) bond motifs is 10. The third kappa shape index (κ3) is 5.82. The van der Waals surface area contributed by atoms with E-state index in [0.29, 0.717) is 23.9 Å². The van der Waals surface area contributed by atoms with Crippen LogP contribution in [0.15, 0.2) is 66.7 Å². The van der Waals surface area contributed by atoms with Crippen LogP contribution in [0.1, 0.15) is 85.3 Å². The zero-order valence-corrected chi connectivity index (χ0v) is 28.5. The van der Waals surface area contributed by atoms with Crippen molar-refractivity contribution in [3.8, 4) is 11.5 Å². The minimum Gasteiger partial charge on any atom is -0.504 e. The Morgan fingerprint density at radius 1 is 1.11 bits per heavy atom. The number of carbonyl (C=O) groups is 2. The largest absolute Gasteiger partial charge is 0.504 e. The summed E-state index contributed by atoms with van der Waals surface area (Å²) < 4.78 is 5.47. The smallest absolute Gasteiger partial charge is 0.163 e. The number of phenolic OH excluding ortho intramolecular Hbond substituents is 1. The number of nitrogens with two attached hydrogens (primary N) is 1. The van der Waals surface area contributed by atoms with Crippen molar-refractivity contribution < 1.29 is 24.3 Å². The summed E-state index contributed by atoms with van der Waals surface area (Å²) in [5.74, 6) is 0.996. The van der Waals surface area contributed by atoms with Gasteiger partial charge in [0.1, 0.15) is 22.8 Å². The molecule has 1 unspecified atom stereocenters. The topological polar surface area (TPSA) is 119 Å². The maximum atomic E-state index is 13.0. The summed E-state index contributed by atoms with van der Waals surface area (Å²) >= 11 is 0. The van der Waals surface area contributed by atoms with Crippen molar-refractivity contribution in [1.82, 2.24) is 10.3 Å². The molecule has 1 aromatic carbocycles. The Morgan fingerprint density at radius 3 is 2.81 bits per heavy atom. The highest BCUT2D eigenvalue weighted by Gasteiger charge is 2.60. The van der Waals surface area contributed by atoms with Crippen LogP contribution in [0, 0.1) is 11.8 Å². The molecular weight excluding hydrogens is 629 g/mol. The second-order valence-corrected chi connectivity index (χ2v) is 15.9. The van der Waals surface area contributed by atoms with Crippen molar-refractivity contribution in [3.05, 3.63) is 88.9 Å². The normalized spacial score (nSPS) is 33.1. The number of quaternary nitrogens is 1. The molecule has 1 aromatic heterocycles. The van der Waals surface area contributed by atoms with Crippen LogP contribution < -0.4 is 20.7 Å². The zero-order valence-electron chi connectivity index (χ0n) is 26.9. The lowest BCUT2D eigenvalue weighted by molar-refractivity contribution is -0.915. The number of ketones is 2. The molecule has 4 bridgehead atoms. The summed E-state index contributed by atoms with van der Waals surface area (Å²) in [5, 5.41) is 14.7. The summed E-state index contributed by atoms with van der Waals surface area (Å²) in [5.41, 5.74) is 11.6. The van der Waals surface area contributed by atoms with E-state index < -0.39 is 0 Å². The van der Waals surface area contributed by atoms with Gasteiger partial charge in [-0.1, -0.05) is 59.2 Å². The van der Waals surface area contributed by atoms with E-state index in [9.17, 15) is 14.7 Å². The number of carbonyl (C=O) groups excluding carboxylic acids is 2. The molecule has 5 aliphatic rings. The maximum absolute atomic E-state index is 13.0. The molecule has 0 spiro atoms. The number of hydrogen-bond donors (Lipinski definition) is 4. The van der Waals surface area contributed by atoms with Crippen molar-refractivity contribution in [3.63, 3.8) is 0 Å². The van der Waals surface area contributed by atoms with Gasteiger partial charge in [0.05, 0.1) is 25.0 Å². The predicted octanol–water partition coefficient (Wildman–Crippen LogP) is 5.63. The highest BCUT2D eigenvalue weighted by molar-refractivity contribution is 8.77. The van der Waals surface area contributed by atoms with Crippen LogP contribution in [0.2, 0.25) is 0 Å². The van der Waals surface area contributed by atoms with Gasteiger partial charge in [0.2, 0.25) is 0 Å². The number of nitrogens with one attached hydrogen (secondary N) is 2. The van der Waals surface area contributed by atoms with Gasteiger partial charge < -0.3 is 20.9 Å². The third-order valence-electron chi connectivity index (χ3n) is 10.9. The van der Waals surface area contributed by atoms with Crippen molar-refractivity contribution >= 4 is 45.0 Å². The van der Waals surface area contributed by atoms with Crippen LogP contribution in [-0.4, -0.2) is 46.2 Å². The first-order chi connectivity index (χ1) is 22.8. The van der Waals surface area contributed by atoms with E-state index in [2.05, 4.69) is 48.8 Å². The SMILES string of the molecule is CC[C@H]1CCC(=O)CC(=O)/C=C/c2cc(OC)c(O)cc2[C@@H]2/C=C\[C@H]1SS[C@@H]([C@@]13CCC[C@@H]1C=CC1=CNC[NH+]13)c1cc2cnc1N. The molecule has 10 heteroatoms. The van der Waals surface area contributed by atoms with Gasteiger partial charge in [-0.15, -0.1) is 0 Å². The van der Waals surface area contributed by atoms with E-state index in [4.69, 9.17) is 15.5 Å². The lowest BCUT2D eigenvalue weighted by Gasteiger charge is -2.47. The minimum absolute atomic E-state index is 0.0216. The van der Waals surface area contributed by atoms with Gasteiger partial charge in [-0.3, -0.25) is 14.5 Å². The van der Waals surface area contributed by atoms with Crippen molar-refractivity contribution in [2.75, 3.05) is 19.5 Å². The number of pyridine rings is 1. The Kier molecular flexibility index (Phi) is 9.02. The average Bonchev–Trinajstić information content (AvgIpc) is 3.73. The summed E-state index contributed by atoms with van der Waals surface area (Å²) in [7, 11) is 5.32. The number of hydrogen-bond acceptors (Lipinski definition) is 9. The number of nitrogens with zero attached hydrogens (tertiary/aromatic N) is 1. The second kappa shape index (κ2) is 13.2. The molecule has 1 saturated carbocycles. The summed E-state index contributed by atoms with van der Waals surface area (Å²) in [6.45, 7) is 3.04. The number of ether oxygens (including phenoxy) is 1. The number of benzene rings is 1. The second-order valence-electron chi connectivity index (χ2n) is 13.4. The molecule has 8 nitrogen and oxygen atoms in total. The van der Waals surface area contributed by atoms with E-state index in [1.165, 1.54) is 23.8 Å². The van der Waals surface area contributed by atoms with Gasteiger partial charge in [-0.25, -0.2) is 4.98 Å². The summed E-state index contributed by atoms with van der Waals surface area (Å²) in [4.78, 5) is 32.2. The molecule has 3 aliphatic heterocycles. The number of Topliss-reactive ketones (excluding diaryl/α,β-unsaturated/α-hetero) is 1. The number of aromatic nitrogens is 1. The molecule has 0 saturated heterocycles. The fourth-order valence-electron chi connectivity index (χ4n) is 8.39. The minimum atomic E-state index is -0.276. The Balaban J connectivity index is 1.44. The number of nitrogen functional groups attached to an aromatic ring is 1. The van der Waals surface area contributed by atoms with Crippen molar-refractivity contribution in [2.24, 2.45) is 11.8 Å². The van der Waals surface area contributed by atoms with Crippen molar-refractivity contribution in [1.29, 1.82) is 0 Å². The quantitative estimate of drug-likeness (QED) is 0.187. The molecule has 0 radical (unpaired) electrons. The molecule has 1 fully saturated rings. The standard InChI is InChI=1S/C37H42N4O4S2/c1-3-22-6-10-27(42)17-28(43)11-7-23-16-33(45-2)32(44)18-30(23)29-12-13-34(22)46-47-35(31-15-24(29)19-40-36(31)38)37-14-4-5-25(37)8-9-26-20-39-21-41(26)37/h7-9,11-13,15-16,18-20,22,25,29,34-35,39,44H,3-6,10,14,17,21H2,1-2H3,(H2,38,40)/p+1/b11-7+,13-12-/t22-,25+,29+,34+,35+,37+/m0/s1. The molecular formula is C37H43N4O4S2+. The van der Waals surface area contributed by atoms with Crippen molar-refractivity contribution in [2.45, 2.75) is 73.8 Å². The Bertz CT molecular complexity index is 1700. The van der Waals surface area contributed by atoms with Crippen LogP contribution in [0.5, 0.6) is 11.5 Å². The number of anilines is 1. The average molecular weight is 672 g/mol. The maximum Gasteiger partial charge on any atom is 0.163 e. The Labute approximate surface area is 284 Å². The number of methoxy groups -OCH3 is 1. The van der Waals surface area contributed by atoms with Gasteiger partial charge in [-0.05, 0) is 72.2 Å². The predicted molar refractivity (Wildman–Crippen MR) is 189 cm³/mol. The monoisotopic (exact) mass is 671 g/mol. The fourth-order valence-corrected chi connectivity index (χ4v) is 12.4. The molecule has 2 aromatic rings. The van der Waals surface area contributed by atoms with Gasteiger partial charge in [0, 0.05) is 41.7 Å². The molecule has 47 heavy (non-hydrogen) atoms. The van der Waals surface area contributed by atoms with E-state index >= 15 is 0 Å². The summed E-state index contributed by atoms with van der Waals surface area (Å²) in [6.07, 6.45) is 21.8. The highest BCUT2D eigenvalue weighted by Crippen LogP contribution is 2.57. The van der Waals surface area contributed by atoms with Gasteiger partial charge in [-0.2, -0.15) is 0 Å². The van der Waals surface area contributed by atoms with E-state index in [-0.39, 0.29) is 51.6 Å². The summed E-state index contributed by atoms with van der Waals surface area (Å²) in [6, 6.07) is 5.73. The Hall–Kier alpha value is -3.47. The van der Waals surface area contributed by atoms with E-state index in [1.54, 1.807) is 18.2 Å². The van der Waals surface area contributed by atoms with E-state index in [0.717, 1.165) is 61.0 Å². The number of phenols is 1. The molecule has 7 rings (SSSR count). The Morgan fingerprint density at radius 2 is 1.98 bits per heavy atom. The molecule has 5 N–H and O–H groups in total. The van der Waals surface area contributed by atoms with Crippen LogP contribution in [-0.2, 0) is 9.59 Å². The first-order valence-corrected chi connectivity index (χ1v) is 19.0. The first-order valence-electron chi connectivity index (χ1n) is 16.7. The molecule has 2 aliphatic carbocycles. The van der Waals surface area contributed by atoms with E-state index in [1.807, 2.05) is 27.8 Å². The lowest BCUT2D eigenvalue weighted by Crippen LogP contribution is -3.20. The number of rotatable bonds is 3. The number of aromatic hydroxyl groups is 1.